The molecule has 3 rings (SSSR count). The van der Waals surface area contributed by atoms with Crippen LogP contribution < -0.4 is 0 Å². The van der Waals surface area contributed by atoms with Gasteiger partial charge in [-0.3, -0.25) is 4.79 Å². The second-order valence-electron chi connectivity index (χ2n) is 6.10. The zero-order valence-corrected chi connectivity index (χ0v) is 14.7. The highest BCUT2D eigenvalue weighted by atomic mass is 35.5. The molecule has 0 atom stereocenters. The second-order valence-corrected chi connectivity index (χ2v) is 6.54. The predicted octanol–water partition coefficient (Wildman–Crippen LogP) is 1.68. The Morgan fingerprint density at radius 3 is 2.84 bits per heavy atom. The van der Waals surface area contributed by atoms with Crippen molar-refractivity contribution in [2.24, 2.45) is 0 Å². The number of benzene rings is 1. The number of aliphatic hydroxyl groups excluding tert-OH is 1. The fourth-order valence-corrected chi connectivity index (χ4v) is 2.96. The number of aliphatic hydroxyl groups is 1. The third-order valence-corrected chi connectivity index (χ3v) is 4.39. The third-order valence-electron chi connectivity index (χ3n) is 4.15. The summed E-state index contributed by atoms with van der Waals surface area (Å²) in [4.78, 5) is 15.6. The van der Waals surface area contributed by atoms with Gasteiger partial charge in [-0.25, -0.2) is 0 Å². The minimum Gasteiger partial charge on any atom is -0.393 e. The number of aryl methyl sites for hydroxylation is 1. The zero-order valence-electron chi connectivity index (χ0n) is 14.0. The van der Waals surface area contributed by atoms with Gasteiger partial charge in [0, 0.05) is 24.2 Å². The average Bonchev–Trinajstić information content (AvgIpc) is 2.99. The minimum absolute atomic E-state index is 0.0532. The van der Waals surface area contributed by atoms with Crippen molar-refractivity contribution in [2.45, 2.75) is 32.4 Å². The molecule has 2 heterocycles. The molecule has 1 amide bonds. The van der Waals surface area contributed by atoms with Crippen LogP contribution in [0.4, 0.5) is 0 Å². The standard InChI is InChI=1S/C17H20ClN5O2/c1-12-19-21-23(20-12)11-14-10-15(18)4-2-13(14)3-5-17(25)22-8-6-16(24)7-9-22/h2-5,10,16,24H,6-9,11H2,1H3. The van der Waals surface area contributed by atoms with E-state index < -0.39 is 0 Å². The molecule has 8 heteroatoms. The van der Waals surface area contributed by atoms with E-state index in [2.05, 4.69) is 15.4 Å². The molecule has 0 radical (unpaired) electrons. The Labute approximate surface area is 150 Å². The minimum atomic E-state index is -0.297. The van der Waals surface area contributed by atoms with Gasteiger partial charge >= 0.3 is 0 Å². The largest absolute Gasteiger partial charge is 0.393 e. The van der Waals surface area contributed by atoms with Gasteiger partial charge in [0.1, 0.15) is 0 Å². The zero-order chi connectivity index (χ0) is 17.8. The van der Waals surface area contributed by atoms with Crippen LogP contribution >= 0.6 is 11.6 Å². The van der Waals surface area contributed by atoms with E-state index in [9.17, 15) is 9.90 Å². The first-order chi connectivity index (χ1) is 12.0. The van der Waals surface area contributed by atoms with Crippen LogP contribution in [-0.4, -0.2) is 55.3 Å². The van der Waals surface area contributed by atoms with Crippen molar-refractivity contribution < 1.29 is 9.90 Å². The lowest BCUT2D eigenvalue weighted by Crippen LogP contribution is -2.39. The highest BCUT2D eigenvalue weighted by molar-refractivity contribution is 6.30. The fraction of sp³-hybridized carbons (Fsp3) is 0.412. The van der Waals surface area contributed by atoms with Gasteiger partial charge in [-0.15, -0.1) is 10.2 Å². The molecule has 1 N–H and O–H groups in total. The highest BCUT2D eigenvalue weighted by Crippen LogP contribution is 2.19. The molecule has 1 aromatic carbocycles. The first kappa shape index (κ1) is 17.6. The molecule has 1 aromatic heterocycles. The number of halogens is 1. The number of tetrazole rings is 1. The SMILES string of the molecule is Cc1nnn(Cc2cc(Cl)ccc2C=CC(=O)N2CCC(O)CC2)n1. The summed E-state index contributed by atoms with van der Waals surface area (Å²) < 4.78 is 0. The van der Waals surface area contributed by atoms with Crippen LogP contribution in [0.1, 0.15) is 29.8 Å². The smallest absolute Gasteiger partial charge is 0.246 e. The van der Waals surface area contributed by atoms with Crippen LogP contribution in [0.5, 0.6) is 0 Å². The summed E-state index contributed by atoms with van der Waals surface area (Å²) in [7, 11) is 0. The summed E-state index contributed by atoms with van der Waals surface area (Å²) >= 11 is 6.10. The van der Waals surface area contributed by atoms with Crippen LogP contribution in [0.2, 0.25) is 5.02 Å². The number of piperidine rings is 1. The third kappa shape index (κ3) is 4.64. The van der Waals surface area contributed by atoms with Crippen molar-refractivity contribution in [3.63, 3.8) is 0 Å². The lowest BCUT2D eigenvalue weighted by molar-refractivity contribution is -0.127. The van der Waals surface area contributed by atoms with Gasteiger partial charge in [-0.1, -0.05) is 17.7 Å². The van der Waals surface area contributed by atoms with Gasteiger partial charge in [0.2, 0.25) is 5.91 Å². The van der Waals surface area contributed by atoms with Crippen molar-refractivity contribution in [3.8, 4) is 0 Å². The van der Waals surface area contributed by atoms with Crippen molar-refractivity contribution in [1.82, 2.24) is 25.1 Å². The number of hydrogen-bond donors (Lipinski definition) is 1. The quantitative estimate of drug-likeness (QED) is 0.837. The molecule has 25 heavy (non-hydrogen) atoms. The summed E-state index contributed by atoms with van der Waals surface area (Å²) in [5.41, 5.74) is 1.78. The van der Waals surface area contributed by atoms with Crippen molar-refractivity contribution in [2.75, 3.05) is 13.1 Å². The lowest BCUT2D eigenvalue weighted by Gasteiger charge is -2.28. The summed E-state index contributed by atoms with van der Waals surface area (Å²) in [6, 6.07) is 5.49. The number of carbonyl (C=O) groups is 1. The average molecular weight is 362 g/mol. The number of aromatic nitrogens is 4. The number of hydrogen-bond acceptors (Lipinski definition) is 5. The Morgan fingerprint density at radius 2 is 2.16 bits per heavy atom. The Morgan fingerprint density at radius 1 is 1.40 bits per heavy atom. The van der Waals surface area contributed by atoms with Crippen LogP contribution in [-0.2, 0) is 11.3 Å². The molecule has 7 nitrogen and oxygen atoms in total. The Kier molecular flexibility index (Phi) is 5.45. The first-order valence-corrected chi connectivity index (χ1v) is 8.57. The number of nitrogens with zero attached hydrogens (tertiary/aromatic N) is 5. The maximum absolute atomic E-state index is 12.3. The highest BCUT2D eigenvalue weighted by Gasteiger charge is 2.19. The molecule has 0 bridgehead atoms. The number of carbonyl (C=O) groups excluding carboxylic acids is 1. The summed E-state index contributed by atoms with van der Waals surface area (Å²) in [5, 5.41) is 22.1. The van der Waals surface area contributed by atoms with Gasteiger partial charge in [-0.05, 0) is 54.3 Å². The van der Waals surface area contributed by atoms with Crippen LogP contribution in [0.25, 0.3) is 6.08 Å². The van der Waals surface area contributed by atoms with E-state index in [1.807, 2.05) is 12.1 Å². The Hall–Kier alpha value is -2.25. The van der Waals surface area contributed by atoms with Crippen LogP contribution in [0.15, 0.2) is 24.3 Å². The molecule has 0 spiro atoms. The number of amides is 1. The molecular weight excluding hydrogens is 342 g/mol. The predicted molar refractivity (Wildman–Crippen MR) is 94.0 cm³/mol. The summed E-state index contributed by atoms with van der Waals surface area (Å²) in [6.07, 6.45) is 4.30. The Balaban J connectivity index is 1.74. The maximum Gasteiger partial charge on any atom is 0.246 e. The fourth-order valence-electron chi connectivity index (χ4n) is 2.77. The monoisotopic (exact) mass is 361 g/mol. The molecule has 1 aliphatic heterocycles. The normalized spacial score (nSPS) is 15.9. The van der Waals surface area contributed by atoms with E-state index in [1.54, 1.807) is 30.0 Å². The molecule has 0 saturated carbocycles. The number of likely N-dealkylation sites (tertiary alicyclic amines) is 1. The van der Waals surface area contributed by atoms with Gasteiger partial charge < -0.3 is 10.0 Å². The molecule has 0 aliphatic carbocycles. The maximum atomic E-state index is 12.3. The lowest BCUT2D eigenvalue weighted by atomic mass is 10.1. The second kappa shape index (κ2) is 7.76. The number of rotatable bonds is 4. The van der Waals surface area contributed by atoms with Crippen molar-refractivity contribution >= 4 is 23.6 Å². The molecule has 2 aromatic rings. The van der Waals surface area contributed by atoms with E-state index in [1.165, 1.54) is 4.80 Å². The van der Waals surface area contributed by atoms with Gasteiger partial charge in [0.15, 0.2) is 5.82 Å². The van der Waals surface area contributed by atoms with E-state index in [4.69, 9.17) is 11.6 Å². The van der Waals surface area contributed by atoms with E-state index in [0.717, 1.165) is 11.1 Å². The van der Waals surface area contributed by atoms with Gasteiger partial charge in [0.25, 0.3) is 0 Å². The molecule has 1 aliphatic rings. The first-order valence-electron chi connectivity index (χ1n) is 8.19. The topological polar surface area (TPSA) is 84.1 Å². The summed E-state index contributed by atoms with van der Waals surface area (Å²) in [6.45, 7) is 3.36. The molecular formula is C17H20ClN5O2. The van der Waals surface area contributed by atoms with Gasteiger partial charge in [0.05, 0.1) is 12.6 Å². The molecule has 1 fully saturated rings. The van der Waals surface area contributed by atoms with Crippen molar-refractivity contribution in [3.05, 3.63) is 46.2 Å². The van der Waals surface area contributed by atoms with Crippen molar-refractivity contribution in [1.29, 1.82) is 0 Å². The summed E-state index contributed by atoms with van der Waals surface area (Å²) in [5.74, 6) is 0.545. The van der Waals surface area contributed by atoms with Crippen LogP contribution in [0.3, 0.4) is 0 Å². The molecule has 1 saturated heterocycles. The van der Waals surface area contributed by atoms with E-state index >= 15 is 0 Å². The van der Waals surface area contributed by atoms with Crippen LogP contribution in [0, 0.1) is 6.92 Å². The Bertz CT molecular complexity index is 781. The van der Waals surface area contributed by atoms with Gasteiger partial charge in [-0.2, -0.15) is 4.80 Å². The molecule has 0 unspecified atom stereocenters. The van der Waals surface area contributed by atoms with E-state index in [0.29, 0.717) is 43.3 Å². The van der Waals surface area contributed by atoms with E-state index in [-0.39, 0.29) is 12.0 Å². The molecule has 132 valence electrons.